The lowest BCUT2D eigenvalue weighted by molar-refractivity contribution is -0.0161. The number of ether oxygens (including phenoxy) is 1. The van der Waals surface area contributed by atoms with Crippen molar-refractivity contribution >= 4 is 11.3 Å². The Hall–Kier alpha value is -0.450. The molecule has 0 bridgehead atoms. The number of aromatic nitrogens is 1. The van der Waals surface area contributed by atoms with Crippen molar-refractivity contribution in [3.05, 3.63) is 16.1 Å². The molecule has 0 saturated carbocycles. The summed E-state index contributed by atoms with van der Waals surface area (Å²) in [7, 11) is 0. The SMILES string of the molecule is Cc1nc(CC2(CO)CCOCC2)cs1. The Morgan fingerprint density at radius 3 is 2.80 bits per heavy atom. The molecule has 2 rings (SSSR count). The van der Waals surface area contributed by atoms with Gasteiger partial charge < -0.3 is 9.84 Å². The van der Waals surface area contributed by atoms with E-state index in [0.717, 1.165) is 43.2 Å². The molecule has 2 heterocycles. The molecule has 0 aromatic carbocycles. The topological polar surface area (TPSA) is 42.4 Å². The lowest BCUT2D eigenvalue weighted by atomic mass is 9.77. The van der Waals surface area contributed by atoms with E-state index in [1.54, 1.807) is 11.3 Å². The van der Waals surface area contributed by atoms with E-state index in [1.165, 1.54) is 0 Å². The monoisotopic (exact) mass is 227 g/mol. The van der Waals surface area contributed by atoms with Gasteiger partial charge in [-0.2, -0.15) is 0 Å². The summed E-state index contributed by atoms with van der Waals surface area (Å²) in [5, 5.41) is 12.7. The quantitative estimate of drug-likeness (QED) is 0.856. The maximum atomic E-state index is 9.53. The number of rotatable bonds is 3. The first kappa shape index (κ1) is 11.0. The second-order valence-corrected chi connectivity index (χ2v) is 5.37. The number of nitrogens with zero attached hydrogens (tertiary/aromatic N) is 1. The van der Waals surface area contributed by atoms with Crippen molar-refractivity contribution in [3.63, 3.8) is 0 Å². The fourth-order valence-corrected chi connectivity index (χ4v) is 2.68. The van der Waals surface area contributed by atoms with Crippen LogP contribution in [-0.2, 0) is 11.2 Å². The van der Waals surface area contributed by atoms with Gasteiger partial charge in [0, 0.05) is 30.6 Å². The van der Waals surface area contributed by atoms with Gasteiger partial charge in [-0.15, -0.1) is 11.3 Å². The van der Waals surface area contributed by atoms with Gasteiger partial charge in [0.2, 0.25) is 0 Å². The third kappa shape index (κ3) is 2.56. The molecule has 1 saturated heterocycles. The second kappa shape index (κ2) is 4.60. The number of aliphatic hydroxyl groups is 1. The Balaban J connectivity index is 2.06. The van der Waals surface area contributed by atoms with Crippen molar-refractivity contribution in [2.45, 2.75) is 26.2 Å². The molecule has 1 aromatic heterocycles. The van der Waals surface area contributed by atoms with E-state index in [4.69, 9.17) is 4.74 Å². The Morgan fingerprint density at radius 2 is 2.27 bits per heavy atom. The van der Waals surface area contributed by atoms with Crippen LogP contribution in [0.3, 0.4) is 0 Å². The van der Waals surface area contributed by atoms with E-state index < -0.39 is 0 Å². The fourth-order valence-electron chi connectivity index (χ4n) is 2.07. The maximum Gasteiger partial charge on any atom is 0.0897 e. The van der Waals surface area contributed by atoms with Gasteiger partial charge in [0.1, 0.15) is 0 Å². The predicted octanol–water partition coefficient (Wildman–Crippen LogP) is 1.78. The van der Waals surface area contributed by atoms with Crippen molar-refractivity contribution in [1.29, 1.82) is 0 Å². The van der Waals surface area contributed by atoms with Crippen LogP contribution in [-0.4, -0.2) is 29.9 Å². The van der Waals surface area contributed by atoms with Crippen LogP contribution in [0.25, 0.3) is 0 Å². The minimum absolute atomic E-state index is 0.0127. The molecule has 1 aliphatic rings. The Labute approximate surface area is 94.1 Å². The standard InChI is InChI=1S/C11H17NO2S/c1-9-12-10(7-15-9)6-11(8-13)2-4-14-5-3-11/h7,13H,2-6,8H2,1H3. The maximum absolute atomic E-state index is 9.53. The van der Waals surface area contributed by atoms with Crippen LogP contribution < -0.4 is 0 Å². The molecule has 1 aliphatic heterocycles. The average molecular weight is 227 g/mol. The van der Waals surface area contributed by atoms with Crippen LogP contribution >= 0.6 is 11.3 Å². The molecule has 3 nitrogen and oxygen atoms in total. The van der Waals surface area contributed by atoms with Crippen LogP contribution in [0.4, 0.5) is 0 Å². The van der Waals surface area contributed by atoms with Gasteiger partial charge in [0.15, 0.2) is 0 Å². The molecule has 15 heavy (non-hydrogen) atoms. The molecule has 1 N–H and O–H groups in total. The molecule has 4 heteroatoms. The summed E-state index contributed by atoms with van der Waals surface area (Å²) >= 11 is 1.68. The van der Waals surface area contributed by atoms with Crippen LogP contribution in [0.15, 0.2) is 5.38 Å². The molecule has 84 valence electrons. The molecule has 0 aliphatic carbocycles. The van der Waals surface area contributed by atoms with E-state index >= 15 is 0 Å². The first-order valence-corrected chi connectivity index (χ1v) is 6.22. The van der Waals surface area contributed by atoms with Gasteiger partial charge in [-0.1, -0.05) is 0 Å². The van der Waals surface area contributed by atoms with Crippen LogP contribution in [0, 0.1) is 12.3 Å². The molecule has 0 radical (unpaired) electrons. The molecule has 1 fully saturated rings. The van der Waals surface area contributed by atoms with Crippen molar-refractivity contribution in [2.24, 2.45) is 5.41 Å². The molecule has 0 atom stereocenters. The minimum atomic E-state index is 0.0127. The van der Waals surface area contributed by atoms with Gasteiger partial charge in [-0.25, -0.2) is 4.98 Å². The number of aryl methyl sites for hydroxylation is 1. The Bertz CT molecular complexity index is 318. The summed E-state index contributed by atoms with van der Waals surface area (Å²) in [4.78, 5) is 4.46. The number of thiazole rings is 1. The summed E-state index contributed by atoms with van der Waals surface area (Å²) in [6.07, 6.45) is 2.78. The normalized spacial score (nSPS) is 20.4. The molecule has 1 aromatic rings. The Morgan fingerprint density at radius 1 is 1.53 bits per heavy atom. The zero-order valence-electron chi connectivity index (χ0n) is 9.03. The third-order valence-corrected chi connectivity index (χ3v) is 3.93. The van der Waals surface area contributed by atoms with Gasteiger partial charge in [0.25, 0.3) is 0 Å². The predicted molar refractivity (Wildman–Crippen MR) is 60.1 cm³/mol. The molecular weight excluding hydrogens is 210 g/mol. The van der Waals surface area contributed by atoms with Crippen LogP contribution in [0.1, 0.15) is 23.5 Å². The summed E-state index contributed by atoms with van der Waals surface area (Å²) in [5.41, 5.74) is 1.13. The molecule has 0 spiro atoms. The van der Waals surface area contributed by atoms with Crippen molar-refractivity contribution < 1.29 is 9.84 Å². The lowest BCUT2D eigenvalue weighted by Gasteiger charge is -2.34. The Kier molecular flexibility index (Phi) is 3.38. The summed E-state index contributed by atoms with van der Waals surface area (Å²) < 4.78 is 5.34. The van der Waals surface area contributed by atoms with Crippen LogP contribution in [0.2, 0.25) is 0 Å². The highest BCUT2D eigenvalue weighted by Crippen LogP contribution is 2.33. The average Bonchev–Trinajstić information content (AvgIpc) is 2.65. The number of hydrogen-bond acceptors (Lipinski definition) is 4. The first-order chi connectivity index (χ1) is 7.24. The van der Waals surface area contributed by atoms with E-state index in [0.29, 0.717) is 0 Å². The summed E-state index contributed by atoms with van der Waals surface area (Å²) in [6, 6.07) is 0. The fraction of sp³-hybridized carbons (Fsp3) is 0.727. The first-order valence-electron chi connectivity index (χ1n) is 5.34. The lowest BCUT2D eigenvalue weighted by Crippen LogP contribution is -2.35. The minimum Gasteiger partial charge on any atom is -0.396 e. The smallest absolute Gasteiger partial charge is 0.0897 e. The van der Waals surface area contributed by atoms with Crippen molar-refractivity contribution in [1.82, 2.24) is 4.98 Å². The van der Waals surface area contributed by atoms with Gasteiger partial charge in [0.05, 0.1) is 10.7 Å². The van der Waals surface area contributed by atoms with E-state index in [-0.39, 0.29) is 12.0 Å². The molecule has 0 amide bonds. The van der Waals surface area contributed by atoms with Gasteiger partial charge >= 0.3 is 0 Å². The molecule has 0 unspecified atom stereocenters. The summed E-state index contributed by atoms with van der Waals surface area (Å²) in [6.45, 7) is 3.80. The van der Waals surface area contributed by atoms with Crippen molar-refractivity contribution in [3.8, 4) is 0 Å². The summed E-state index contributed by atoms with van der Waals surface area (Å²) in [5.74, 6) is 0. The zero-order valence-corrected chi connectivity index (χ0v) is 9.85. The van der Waals surface area contributed by atoms with Crippen LogP contribution in [0.5, 0.6) is 0 Å². The number of hydrogen-bond donors (Lipinski definition) is 1. The van der Waals surface area contributed by atoms with E-state index in [9.17, 15) is 5.11 Å². The highest BCUT2D eigenvalue weighted by molar-refractivity contribution is 7.09. The van der Waals surface area contributed by atoms with Gasteiger partial charge in [-0.05, 0) is 26.2 Å². The van der Waals surface area contributed by atoms with E-state index in [1.807, 2.05) is 6.92 Å². The second-order valence-electron chi connectivity index (χ2n) is 4.31. The van der Waals surface area contributed by atoms with E-state index in [2.05, 4.69) is 10.4 Å². The zero-order chi connectivity index (χ0) is 10.7. The highest BCUT2D eigenvalue weighted by Gasteiger charge is 2.32. The molecular formula is C11H17NO2S. The largest absolute Gasteiger partial charge is 0.396 e. The highest BCUT2D eigenvalue weighted by atomic mass is 32.1. The van der Waals surface area contributed by atoms with Gasteiger partial charge in [-0.3, -0.25) is 0 Å². The van der Waals surface area contributed by atoms with Crippen molar-refractivity contribution in [2.75, 3.05) is 19.8 Å². The number of aliphatic hydroxyl groups excluding tert-OH is 1. The third-order valence-electron chi connectivity index (χ3n) is 3.11.